The van der Waals surface area contributed by atoms with Crippen LogP contribution in [0.1, 0.15) is 44.6 Å². The number of nitrogens with one attached hydrogen (secondary N) is 1. The van der Waals surface area contributed by atoms with Crippen LogP contribution in [0.3, 0.4) is 0 Å². The summed E-state index contributed by atoms with van der Waals surface area (Å²) in [6.45, 7) is 7.62. The first-order valence-corrected chi connectivity index (χ1v) is 7.19. The molecule has 19 heavy (non-hydrogen) atoms. The Hall–Kier alpha value is -0.730. The highest BCUT2D eigenvalue weighted by atomic mass is 35.5. The maximum Gasteiger partial charge on any atom is 0.119 e. The van der Waals surface area contributed by atoms with Gasteiger partial charge in [0.25, 0.3) is 0 Å². The van der Waals surface area contributed by atoms with Crippen molar-refractivity contribution < 1.29 is 4.74 Å². The smallest absolute Gasteiger partial charge is 0.119 e. The van der Waals surface area contributed by atoms with Gasteiger partial charge in [0.15, 0.2) is 0 Å². The van der Waals surface area contributed by atoms with Crippen LogP contribution in [0.5, 0.6) is 5.75 Å². The van der Waals surface area contributed by atoms with Gasteiger partial charge in [-0.3, -0.25) is 0 Å². The Bertz CT molecular complexity index is 362. The predicted octanol–water partition coefficient (Wildman–Crippen LogP) is 4.00. The number of hydrogen-bond acceptors (Lipinski definition) is 2. The van der Waals surface area contributed by atoms with E-state index in [1.165, 1.54) is 31.4 Å². The molecule has 0 saturated carbocycles. The summed E-state index contributed by atoms with van der Waals surface area (Å²) >= 11 is 0. The molecule has 1 unspecified atom stereocenters. The van der Waals surface area contributed by atoms with Gasteiger partial charge in [-0.1, -0.05) is 26.0 Å². The van der Waals surface area contributed by atoms with Gasteiger partial charge in [0.05, 0.1) is 6.61 Å². The van der Waals surface area contributed by atoms with E-state index in [4.69, 9.17) is 4.74 Å². The fraction of sp³-hybridized carbons (Fsp3) is 0.625. The number of benzene rings is 1. The van der Waals surface area contributed by atoms with E-state index in [2.05, 4.69) is 43.4 Å². The summed E-state index contributed by atoms with van der Waals surface area (Å²) < 4.78 is 5.87. The molecule has 2 rings (SSSR count). The largest absolute Gasteiger partial charge is 0.494 e. The van der Waals surface area contributed by atoms with Crippen LogP contribution < -0.4 is 10.1 Å². The van der Waals surface area contributed by atoms with Gasteiger partial charge in [-0.2, -0.15) is 0 Å². The molecule has 0 bridgehead atoms. The third-order valence-electron chi connectivity index (χ3n) is 3.72. The molecule has 1 aromatic carbocycles. The average molecular weight is 284 g/mol. The molecule has 3 heteroatoms. The molecule has 1 aliphatic rings. The first kappa shape index (κ1) is 16.3. The first-order chi connectivity index (χ1) is 8.75. The van der Waals surface area contributed by atoms with Crippen molar-refractivity contribution in [3.63, 3.8) is 0 Å². The Labute approximate surface area is 123 Å². The number of ether oxygens (including phenoxy) is 1. The normalized spacial score (nSPS) is 19.0. The van der Waals surface area contributed by atoms with Crippen molar-refractivity contribution in [3.8, 4) is 5.75 Å². The van der Waals surface area contributed by atoms with E-state index in [0.717, 1.165) is 24.8 Å². The Morgan fingerprint density at radius 3 is 2.89 bits per heavy atom. The van der Waals surface area contributed by atoms with Crippen LogP contribution in [0, 0.1) is 5.92 Å². The lowest BCUT2D eigenvalue weighted by Gasteiger charge is -2.22. The highest BCUT2D eigenvalue weighted by Gasteiger charge is 2.12. The van der Waals surface area contributed by atoms with E-state index in [1.54, 1.807) is 0 Å². The van der Waals surface area contributed by atoms with Gasteiger partial charge in [-0.15, -0.1) is 12.4 Å². The topological polar surface area (TPSA) is 21.3 Å². The number of piperidine rings is 1. The molecule has 0 radical (unpaired) electrons. The van der Waals surface area contributed by atoms with E-state index in [0.29, 0.717) is 5.92 Å². The SMILES string of the molecule is CC(C)c1cccc(OCCC2CCCNC2)c1.Cl. The molecule has 2 nitrogen and oxygen atoms in total. The van der Waals surface area contributed by atoms with Gasteiger partial charge in [-0.05, 0) is 61.9 Å². The maximum atomic E-state index is 5.87. The molecule has 1 aromatic rings. The van der Waals surface area contributed by atoms with Crippen LogP contribution in [-0.2, 0) is 0 Å². The maximum absolute atomic E-state index is 5.87. The minimum absolute atomic E-state index is 0. The zero-order chi connectivity index (χ0) is 12.8. The van der Waals surface area contributed by atoms with Gasteiger partial charge in [-0.25, -0.2) is 0 Å². The van der Waals surface area contributed by atoms with Crippen LogP contribution in [0.25, 0.3) is 0 Å². The first-order valence-electron chi connectivity index (χ1n) is 7.19. The lowest BCUT2D eigenvalue weighted by atomic mass is 9.97. The lowest BCUT2D eigenvalue weighted by Crippen LogP contribution is -2.30. The van der Waals surface area contributed by atoms with Crippen molar-refractivity contribution in [2.45, 2.75) is 39.0 Å². The van der Waals surface area contributed by atoms with E-state index < -0.39 is 0 Å². The van der Waals surface area contributed by atoms with E-state index in [1.807, 2.05) is 0 Å². The molecule has 0 aromatic heterocycles. The summed E-state index contributed by atoms with van der Waals surface area (Å²) in [5.74, 6) is 2.38. The Morgan fingerprint density at radius 2 is 2.21 bits per heavy atom. The monoisotopic (exact) mass is 283 g/mol. The number of hydrogen-bond donors (Lipinski definition) is 1. The van der Waals surface area contributed by atoms with Crippen LogP contribution in [-0.4, -0.2) is 19.7 Å². The second-order valence-electron chi connectivity index (χ2n) is 5.58. The zero-order valence-electron chi connectivity index (χ0n) is 12.0. The minimum atomic E-state index is 0. The minimum Gasteiger partial charge on any atom is -0.494 e. The van der Waals surface area contributed by atoms with E-state index in [-0.39, 0.29) is 12.4 Å². The van der Waals surface area contributed by atoms with Crippen LogP contribution in [0.2, 0.25) is 0 Å². The van der Waals surface area contributed by atoms with Gasteiger partial charge in [0.2, 0.25) is 0 Å². The molecule has 0 aliphatic carbocycles. The fourth-order valence-electron chi connectivity index (χ4n) is 2.48. The molecule has 1 atom stereocenters. The molecule has 108 valence electrons. The van der Waals surface area contributed by atoms with Crippen molar-refractivity contribution in [1.82, 2.24) is 5.32 Å². The van der Waals surface area contributed by atoms with Crippen molar-refractivity contribution in [2.75, 3.05) is 19.7 Å². The van der Waals surface area contributed by atoms with Gasteiger partial charge >= 0.3 is 0 Å². The molecular weight excluding hydrogens is 258 g/mol. The zero-order valence-corrected chi connectivity index (χ0v) is 12.8. The molecule has 1 aliphatic heterocycles. The van der Waals surface area contributed by atoms with Crippen molar-refractivity contribution in [1.29, 1.82) is 0 Å². The summed E-state index contributed by atoms with van der Waals surface area (Å²) in [6.07, 6.45) is 3.83. The van der Waals surface area contributed by atoms with Crippen LogP contribution in [0.15, 0.2) is 24.3 Å². The second-order valence-corrected chi connectivity index (χ2v) is 5.58. The Kier molecular flexibility index (Phi) is 7.25. The third kappa shape index (κ3) is 5.42. The standard InChI is InChI=1S/C16H25NO.ClH/c1-13(2)15-6-3-7-16(11-15)18-10-8-14-5-4-9-17-12-14;/h3,6-7,11,13-14,17H,4-5,8-10,12H2,1-2H3;1H. The number of rotatable bonds is 5. The Balaban J connectivity index is 0.00000180. The van der Waals surface area contributed by atoms with E-state index >= 15 is 0 Å². The quantitative estimate of drug-likeness (QED) is 0.882. The molecule has 0 amide bonds. The van der Waals surface area contributed by atoms with Gasteiger partial charge < -0.3 is 10.1 Å². The summed E-state index contributed by atoms with van der Waals surface area (Å²) in [5.41, 5.74) is 1.35. The highest BCUT2D eigenvalue weighted by Crippen LogP contribution is 2.21. The van der Waals surface area contributed by atoms with Crippen LogP contribution >= 0.6 is 12.4 Å². The van der Waals surface area contributed by atoms with Gasteiger partial charge in [0, 0.05) is 0 Å². The molecule has 1 heterocycles. The van der Waals surface area contributed by atoms with Crippen molar-refractivity contribution in [3.05, 3.63) is 29.8 Å². The second kappa shape index (κ2) is 8.44. The van der Waals surface area contributed by atoms with Gasteiger partial charge in [0.1, 0.15) is 5.75 Å². The average Bonchev–Trinajstić information content (AvgIpc) is 2.40. The summed E-state index contributed by atoms with van der Waals surface area (Å²) in [7, 11) is 0. The van der Waals surface area contributed by atoms with Crippen molar-refractivity contribution >= 4 is 12.4 Å². The Morgan fingerprint density at radius 1 is 1.37 bits per heavy atom. The lowest BCUT2D eigenvalue weighted by molar-refractivity contribution is 0.254. The predicted molar refractivity (Wildman–Crippen MR) is 83.5 cm³/mol. The molecule has 1 fully saturated rings. The van der Waals surface area contributed by atoms with E-state index in [9.17, 15) is 0 Å². The third-order valence-corrected chi connectivity index (χ3v) is 3.72. The fourth-order valence-corrected chi connectivity index (χ4v) is 2.48. The summed E-state index contributed by atoms with van der Waals surface area (Å²) in [4.78, 5) is 0. The molecule has 1 N–H and O–H groups in total. The van der Waals surface area contributed by atoms with Crippen molar-refractivity contribution in [2.24, 2.45) is 5.92 Å². The molecular formula is C16H26ClNO. The highest BCUT2D eigenvalue weighted by molar-refractivity contribution is 5.85. The molecule has 0 spiro atoms. The number of halogens is 1. The van der Waals surface area contributed by atoms with Crippen LogP contribution in [0.4, 0.5) is 0 Å². The summed E-state index contributed by atoms with van der Waals surface area (Å²) in [5, 5.41) is 3.45. The summed E-state index contributed by atoms with van der Waals surface area (Å²) in [6, 6.07) is 8.49. The molecule has 1 saturated heterocycles.